The normalized spacial score (nSPS) is 9.75. The van der Waals surface area contributed by atoms with Crippen LogP contribution in [-0.2, 0) is 0 Å². The summed E-state index contributed by atoms with van der Waals surface area (Å²) in [5.41, 5.74) is 10.3. The van der Waals surface area contributed by atoms with Crippen LogP contribution in [0.4, 0.5) is 0 Å². The van der Waals surface area contributed by atoms with Crippen LogP contribution in [0.3, 0.4) is 0 Å². The Labute approximate surface area is 72.8 Å². The highest BCUT2D eigenvalue weighted by atomic mass is 16.3. The van der Waals surface area contributed by atoms with E-state index in [1.807, 2.05) is 0 Å². The molecule has 0 atom stereocenters. The first-order valence-corrected chi connectivity index (χ1v) is 4.14. The zero-order chi connectivity index (χ0) is 9.23. The summed E-state index contributed by atoms with van der Waals surface area (Å²) in [6.45, 7) is 2.63. The molecule has 0 bridgehead atoms. The van der Waals surface area contributed by atoms with Crippen molar-refractivity contribution in [3.63, 3.8) is 0 Å². The maximum absolute atomic E-state index is 8.45. The van der Waals surface area contributed by atoms with Crippen molar-refractivity contribution in [3.05, 3.63) is 0 Å². The van der Waals surface area contributed by atoms with E-state index in [-0.39, 0.29) is 12.6 Å². The summed E-state index contributed by atoms with van der Waals surface area (Å²) >= 11 is 0. The van der Waals surface area contributed by atoms with Gasteiger partial charge in [0.2, 0.25) is 0 Å². The van der Waals surface area contributed by atoms with Crippen molar-refractivity contribution in [1.29, 1.82) is 0 Å². The second-order valence-corrected chi connectivity index (χ2v) is 2.49. The van der Waals surface area contributed by atoms with E-state index in [0.717, 1.165) is 25.9 Å². The molecule has 5 nitrogen and oxygen atoms in total. The third-order valence-corrected chi connectivity index (χ3v) is 1.32. The molecule has 0 aromatic heterocycles. The lowest BCUT2D eigenvalue weighted by Gasteiger charge is -2.00. The van der Waals surface area contributed by atoms with Gasteiger partial charge in [-0.25, -0.2) is 0 Å². The summed E-state index contributed by atoms with van der Waals surface area (Å²) in [6, 6.07) is 0. The van der Waals surface area contributed by atoms with Crippen molar-refractivity contribution in [1.82, 2.24) is 5.32 Å². The minimum absolute atomic E-state index is 0.144. The number of aliphatic hydroxyl groups is 1. The molecular weight excluding hydrogens is 156 g/mol. The molecule has 0 aliphatic heterocycles. The van der Waals surface area contributed by atoms with Gasteiger partial charge in [0.25, 0.3) is 0 Å². The van der Waals surface area contributed by atoms with Gasteiger partial charge >= 0.3 is 0 Å². The quantitative estimate of drug-likeness (QED) is 0.217. The number of aliphatic hydroxyl groups excluding tert-OH is 1. The summed E-state index contributed by atoms with van der Waals surface area (Å²) in [4.78, 5) is 3.83. The van der Waals surface area contributed by atoms with Crippen LogP contribution in [0.2, 0.25) is 0 Å². The monoisotopic (exact) mass is 174 g/mol. The standard InChI is InChI=1S/C7H18N4O/c8-7(9)11-5-1-3-10-4-2-6-12/h10,12H,1-6H2,(H4,8,9,11). The number of nitrogens with one attached hydrogen (secondary N) is 1. The Bertz CT molecular complexity index is 123. The average molecular weight is 174 g/mol. The van der Waals surface area contributed by atoms with Gasteiger partial charge in [-0.3, -0.25) is 4.99 Å². The van der Waals surface area contributed by atoms with Crippen molar-refractivity contribution < 1.29 is 5.11 Å². The Morgan fingerprint density at radius 3 is 2.50 bits per heavy atom. The van der Waals surface area contributed by atoms with Crippen LogP contribution in [0.15, 0.2) is 4.99 Å². The Kier molecular flexibility index (Phi) is 7.73. The zero-order valence-electron chi connectivity index (χ0n) is 7.29. The van der Waals surface area contributed by atoms with E-state index in [0.29, 0.717) is 6.54 Å². The molecule has 72 valence electrons. The van der Waals surface area contributed by atoms with Crippen molar-refractivity contribution in [3.8, 4) is 0 Å². The lowest BCUT2D eigenvalue weighted by atomic mass is 10.4. The van der Waals surface area contributed by atoms with E-state index >= 15 is 0 Å². The lowest BCUT2D eigenvalue weighted by molar-refractivity contribution is 0.286. The summed E-state index contributed by atoms with van der Waals surface area (Å²) < 4.78 is 0. The smallest absolute Gasteiger partial charge is 0.185 e. The first-order valence-electron chi connectivity index (χ1n) is 4.14. The number of aliphatic imine (C=N–C) groups is 1. The second kappa shape index (κ2) is 8.29. The number of nitrogens with zero attached hydrogens (tertiary/aromatic N) is 1. The molecule has 0 rings (SSSR count). The zero-order valence-corrected chi connectivity index (χ0v) is 7.29. The van der Waals surface area contributed by atoms with Gasteiger partial charge in [-0.1, -0.05) is 0 Å². The Balaban J connectivity index is 2.96. The van der Waals surface area contributed by atoms with E-state index in [4.69, 9.17) is 16.6 Å². The highest BCUT2D eigenvalue weighted by Gasteiger charge is 1.87. The molecule has 0 saturated heterocycles. The number of guanidine groups is 1. The molecule has 5 heteroatoms. The number of rotatable bonds is 7. The summed E-state index contributed by atoms with van der Waals surface area (Å²) in [5.74, 6) is 0.144. The predicted molar refractivity (Wildman–Crippen MR) is 49.9 cm³/mol. The van der Waals surface area contributed by atoms with Crippen LogP contribution in [0.25, 0.3) is 0 Å². The minimum Gasteiger partial charge on any atom is -0.396 e. The fourth-order valence-corrected chi connectivity index (χ4v) is 0.741. The fraction of sp³-hybridized carbons (Fsp3) is 0.857. The van der Waals surface area contributed by atoms with Gasteiger partial charge in [0.05, 0.1) is 0 Å². The topological polar surface area (TPSA) is 96.7 Å². The van der Waals surface area contributed by atoms with Crippen LogP contribution < -0.4 is 16.8 Å². The molecular formula is C7H18N4O. The van der Waals surface area contributed by atoms with Gasteiger partial charge in [-0.15, -0.1) is 0 Å². The highest BCUT2D eigenvalue weighted by Crippen LogP contribution is 1.79. The Morgan fingerprint density at radius 1 is 1.25 bits per heavy atom. The largest absolute Gasteiger partial charge is 0.396 e. The molecule has 0 spiro atoms. The first-order chi connectivity index (χ1) is 5.77. The molecule has 0 aromatic rings. The van der Waals surface area contributed by atoms with Gasteiger partial charge in [0.15, 0.2) is 5.96 Å². The Morgan fingerprint density at radius 2 is 1.92 bits per heavy atom. The van der Waals surface area contributed by atoms with Gasteiger partial charge in [0, 0.05) is 13.2 Å². The molecule has 0 heterocycles. The molecule has 12 heavy (non-hydrogen) atoms. The van der Waals surface area contributed by atoms with Crippen LogP contribution in [0, 0.1) is 0 Å². The molecule has 0 aliphatic carbocycles. The van der Waals surface area contributed by atoms with Crippen molar-refractivity contribution in [2.45, 2.75) is 12.8 Å². The van der Waals surface area contributed by atoms with Gasteiger partial charge in [0.1, 0.15) is 0 Å². The molecule has 0 fully saturated rings. The summed E-state index contributed by atoms with van der Waals surface area (Å²) in [5, 5.41) is 11.6. The molecule has 0 unspecified atom stereocenters. The third kappa shape index (κ3) is 9.19. The SMILES string of the molecule is NC(N)=NCCCNCCCO. The van der Waals surface area contributed by atoms with Crippen molar-refractivity contribution in [2.75, 3.05) is 26.2 Å². The number of hydrogen-bond donors (Lipinski definition) is 4. The number of hydrogen-bond acceptors (Lipinski definition) is 3. The maximum atomic E-state index is 8.45. The van der Waals surface area contributed by atoms with Crippen LogP contribution >= 0.6 is 0 Å². The fourth-order valence-electron chi connectivity index (χ4n) is 0.741. The van der Waals surface area contributed by atoms with Crippen LogP contribution in [0.5, 0.6) is 0 Å². The van der Waals surface area contributed by atoms with Crippen molar-refractivity contribution in [2.24, 2.45) is 16.5 Å². The molecule has 0 aromatic carbocycles. The average Bonchev–Trinajstić information content (AvgIpc) is 2.02. The summed E-state index contributed by atoms with van der Waals surface area (Å²) in [6.07, 6.45) is 1.71. The van der Waals surface area contributed by atoms with E-state index in [2.05, 4.69) is 10.3 Å². The molecule has 0 radical (unpaired) electrons. The van der Waals surface area contributed by atoms with Crippen molar-refractivity contribution >= 4 is 5.96 Å². The van der Waals surface area contributed by atoms with Gasteiger partial charge < -0.3 is 21.9 Å². The number of nitrogens with two attached hydrogens (primary N) is 2. The molecule has 0 saturated carbocycles. The summed E-state index contributed by atoms with van der Waals surface area (Å²) in [7, 11) is 0. The van der Waals surface area contributed by atoms with E-state index in [1.165, 1.54) is 0 Å². The van der Waals surface area contributed by atoms with Crippen LogP contribution in [0.1, 0.15) is 12.8 Å². The van der Waals surface area contributed by atoms with E-state index in [9.17, 15) is 0 Å². The van der Waals surface area contributed by atoms with E-state index < -0.39 is 0 Å². The first kappa shape index (κ1) is 11.2. The van der Waals surface area contributed by atoms with Crippen LogP contribution in [-0.4, -0.2) is 37.3 Å². The lowest BCUT2D eigenvalue weighted by Crippen LogP contribution is -2.24. The molecule has 6 N–H and O–H groups in total. The third-order valence-electron chi connectivity index (χ3n) is 1.32. The Hall–Kier alpha value is -0.810. The minimum atomic E-state index is 0.144. The van der Waals surface area contributed by atoms with Gasteiger partial charge in [-0.2, -0.15) is 0 Å². The van der Waals surface area contributed by atoms with Gasteiger partial charge in [-0.05, 0) is 25.9 Å². The van der Waals surface area contributed by atoms with E-state index in [1.54, 1.807) is 0 Å². The molecule has 0 aliphatic rings. The highest BCUT2D eigenvalue weighted by molar-refractivity contribution is 5.75. The molecule has 0 amide bonds. The second-order valence-electron chi connectivity index (χ2n) is 2.49. The predicted octanol–water partition coefficient (Wildman–Crippen LogP) is -1.38. The maximum Gasteiger partial charge on any atom is 0.185 e.